The molecule has 3 nitrogen and oxygen atoms in total. The number of nitrogens with one attached hydrogen (secondary N) is 1. The van der Waals surface area contributed by atoms with E-state index in [9.17, 15) is 0 Å². The van der Waals surface area contributed by atoms with Crippen LogP contribution in [0.4, 0.5) is 0 Å². The number of ether oxygens (including phenoxy) is 1. The monoisotopic (exact) mass is 240 g/mol. The molecule has 3 heteroatoms. The van der Waals surface area contributed by atoms with E-state index < -0.39 is 0 Å². The summed E-state index contributed by atoms with van der Waals surface area (Å²) in [5, 5.41) is 3.39. The van der Waals surface area contributed by atoms with Crippen LogP contribution >= 0.6 is 0 Å². The van der Waals surface area contributed by atoms with Gasteiger partial charge in [-0.05, 0) is 58.0 Å². The van der Waals surface area contributed by atoms with E-state index in [4.69, 9.17) is 4.74 Å². The van der Waals surface area contributed by atoms with Gasteiger partial charge in [0.05, 0.1) is 0 Å². The molecule has 1 aliphatic heterocycles. The van der Waals surface area contributed by atoms with Gasteiger partial charge in [-0.2, -0.15) is 0 Å². The highest BCUT2D eigenvalue weighted by atomic mass is 16.5. The predicted octanol–water partition coefficient (Wildman–Crippen LogP) is 1.73. The highest BCUT2D eigenvalue weighted by Gasteiger charge is 2.37. The first-order valence-corrected chi connectivity index (χ1v) is 7.09. The molecule has 0 radical (unpaired) electrons. The lowest BCUT2D eigenvalue weighted by atomic mass is 9.79. The Labute approximate surface area is 106 Å². The zero-order valence-corrected chi connectivity index (χ0v) is 11.7. The molecule has 0 aromatic carbocycles. The highest BCUT2D eigenvalue weighted by Crippen LogP contribution is 2.37. The first-order chi connectivity index (χ1) is 8.17. The fraction of sp³-hybridized carbons (Fsp3) is 1.00. The van der Waals surface area contributed by atoms with Crippen molar-refractivity contribution in [3.63, 3.8) is 0 Å². The van der Waals surface area contributed by atoms with E-state index in [2.05, 4.69) is 31.2 Å². The summed E-state index contributed by atoms with van der Waals surface area (Å²) in [6, 6.07) is 0.756. The second-order valence-electron chi connectivity index (χ2n) is 6.14. The molecule has 1 unspecified atom stereocenters. The lowest BCUT2D eigenvalue weighted by molar-refractivity contribution is -0.00608. The smallest absolute Gasteiger partial charge is 0.0472 e. The van der Waals surface area contributed by atoms with Crippen molar-refractivity contribution in [3.8, 4) is 0 Å². The Morgan fingerprint density at radius 2 is 2.00 bits per heavy atom. The maximum atomic E-state index is 5.53. The first-order valence-electron chi connectivity index (χ1n) is 7.09. The molecular weight excluding hydrogens is 212 g/mol. The van der Waals surface area contributed by atoms with Gasteiger partial charge < -0.3 is 15.0 Å². The normalized spacial score (nSPS) is 26.1. The maximum absolute atomic E-state index is 5.53. The van der Waals surface area contributed by atoms with Gasteiger partial charge in [0.15, 0.2) is 0 Å². The second-order valence-corrected chi connectivity index (χ2v) is 6.14. The van der Waals surface area contributed by atoms with Crippen molar-refractivity contribution in [1.82, 2.24) is 10.2 Å². The summed E-state index contributed by atoms with van der Waals surface area (Å²) >= 11 is 0. The molecule has 17 heavy (non-hydrogen) atoms. The summed E-state index contributed by atoms with van der Waals surface area (Å²) in [7, 11) is 4.37. The molecule has 1 saturated carbocycles. The van der Waals surface area contributed by atoms with E-state index in [1.807, 2.05) is 0 Å². The Balaban J connectivity index is 1.90. The third-order valence-electron chi connectivity index (χ3n) is 4.69. The molecule has 1 heterocycles. The number of hydrogen-bond donors (Lipinski definition) is 1. The molecular formula is C14H28N2O. The maximum Gasteiger partial charge on any atom is 0.0472 e. The predicted molar refractivity (Wildman–Crippen MR) is 71.2 cm³/mol. The third-order valence-corrected chi connectivity index (χ3v) is 4.69. The zero-order chi connectivity index (χ0) is 12.3. The van der Waals surface area contributed by atoms with E-state index in [0.29, 0.717) is 5.41 Å². The molecule has 1 aliphatic carbocycles. The first kappa shape index (κ1) is 13.3. The summed E-state index contributed by atoms with van der Waals surface area (Å²) in [5.41, 5.74) is 0.435. The van der Waals surface area contributed by atoms with Gasteiger partial charge in [0.2, 0.25) is 0 Å². The molecule has 2 aliphatic rings. The molecule has 0 aromatic heterocycles. The molecule has 2 fully saturated rings. The molecule has 1 N–H and O–H groups in total. The Morgan fingerprint density at radius 1 is 1.35 bits per heavy atom. The van der Waals surface area contributed by atoms with Crippen molar-refractivity contribution in [2.75, 3.05) is 40.4 Å². The zero-order valence-electron chi connectivity index (χ0n) is 11.7. The summed E-state index contributed by atoms with van der Waals surface area (Å²) in [5.74, 6) is 0.964. The van der Waals surface area contributed by atoms with Crippen LogP contribution in [0.15, 0.2) is 0 Å². The fourth-order valence-electron chi connectivity index (χ4n) is 3.18. The highest BCUT2D eigenvalue weighted by molar-refractivity contribution is 4.90. The van der Waals surface area contributed by atoms with Gasteiger partial charge in [-0.15, -0.1) is 0 Å². The van der Waals surface area contributed by atoms with E-state index in [0.717, 1.165) is 31.7 Å². The average Bonchev–Trinajstić information content (AvgIpc) is 3.13. The lowest BCUT2D eigenvalue weighted by Crippen LogP contribution is -2.48. The van der Waals surface area contributed by atoms with Crippen LogP contribution < -0.4 is 5.32 Å². The van der Waals surface area contributed by atoms with Crippen LogP contribution in [0, 0.1) is 11.3 Å². The van der Waals surface area contributed by atoms with Crippen LogP contribution in [-0.2, 0) is 4.74 Å². The average molecular weight is 240 g/mol. The Bertz CT molecular complexity index is 229. The summed E-state index contributed by atoms with van der Waals surface area (Å²) in [4.78, 5) is 2.58. The van der Waals surface area contributed by atoms with Gasteiger partial charge in [-0.1, -0.05) is 0 Å². The summed E-state index contributed by atoms with van der Waals surface area (Å²) in [6.45, 7) is 6.61. The van der Waals surface area contributed by atoms with Gasteiger partial charge in [-0.3, -0.25) is 0 Å². The molecule has 0 spiro atoms. The molecule has 0 amide bonds. The van der Waals surface area contributed by atoms with Gasteiger partial charge in [0.25, 0.3) is 0 Å². The number of nitrogens with zero attached hydrogens (tertiary/aromatic N) is 1. The molecule has 100 valence electrons. The minimum atomic E-state index is 0.435. The Hall–Kier alpha value is -0.120. The largest absolute Gasteiger partial charge is 0.381 e. The van der Waals surface area contributed by atoms with Crippen molar-refractivity contribution in [2.24, 2.45) is 11.3 Å². The molecule has 0 bridgehead atoms. The quantitative estimate of drug-likeness (QED) is 0.765. The van der Waals surface area contributed by atoms with Crippen molar-refractivity contribution in [1.29, 1.82) is 0 Å². The van der Waals surface area contributed by atoms with E-state index in [-0.39, 0.29) is 0 Å². The topological polar surface area (TPSA) is 24.5 Å². The SMILES string of the molecule is CNCC1(CN(C)C(C)C2CC2)CCOCC1. The van der Waals surface area contributed by atoms with Gasteiger partial charge in [-0.25, -0.2) is 0 Å². The van der Waals surface area contributed by atoms with Crippen molar-refractivity contribution in [3.05, 3.63) is 0 Å². The van der Waals surface area contributed by atoms with Crippen LogP contribution in [0.3, 0.4) is 0 Å². The van der Waals surface area contributed by atoms with Gasteiger partial charge >= 0.3 is 0 Å². The Morgan fingerprint density at radius 3 is 2.53 bits per heavy atom. The minimum Gasteiger partial charge on any atom is -0.381 e. The fourth-order valence-corrected chi connectivity index (χ4v) is 3.18. The molecule has 1 atom stereocenters. The van der Waals surface area contributed by atoms with Crippen LogP contribution in [-0.4, -0.2) is 51.3 Å². The van der Waals surface area contributed by atoms with E-state index in [1.165, 1.54) is 32.2 Å². The Kier molecular flexibility index (Phi) is 4.45. The van der Waals surface area contributed by atoms with E-state index in [1.54, 1.807) is 0 Å². The lowest BCUT2D eigenvalue weighted by Gasteiger charge is -2.41. The third kappa shape index (κ3) is 3.43. The van der Waals surface area contributed by atoms with Crippen LogP contribution in [0.1, 0.15) is 32.6 Å². The summed E-state index contributed by atoms with van der Waals surface area (Å²) < 4.78 is 5.53. The van der Waals surface area contributed by atoms with Crippen LogP contribution in [0.5, 0.6) is 0 Å². The molecule has 1 saturated heterocycles. The van der Waals surface area contributed by atoms with Crippen LogP contribution in [0.25, 0.3) is 0 Å². The van der Waals surface area contributed by atoms with Crippen molar-refractivity contribution >= 4 is 0 Å². The summed E-state index contributed by atoms with van der Waals surface area (Å²) in [6.07, 6.45) is 5.28. The molecule has 0 aromatic rings. The van der Waals surface area contributed by atoms with Crippen molar-refractivity contribution in [2.45, 2.75) is 38.6 Å². The van der Waals surface area contributed by atoms with E-state index >= 15 is 0 Å². The minimum absolute atomic E-state index is 0.435. The van der Waals surface area contributed by atoms with Gasteiger partial charge in [0, 0.05) is 32.3 Å². The van der Waals surface area contributed by atoms with Crippen LogP contribution in [0.2, 0.25) is 0 Å². The van der Waals surface area contributed by atoms with Crippen molar-refractivity contribution < 1.29 is 4.74 Å². The second kappa shape index (κ2) is 5.68. The number of hydrogen-bond acceptors (Lipinski definition) is 3. The number of rotatable bonds is 6. The standard InChI is InChI=1S/C14H28N2O/c1-12(13-4-5-13)16(3)11-14(10-15-2)6-8-17-9-7-14/h12-13,15H,4-11H2,1-3H3. The van der Waals surface area contributed by atoms with Gasteiger partial charge in [0.1, 0.15) is 0 Å². The molecule has 2 rings (SSSR count).